The smallest absolute Gasteiger partial charge is 0.260 e. The molecular formula is C15H23NO4. The van der Waals surface area contributed by atoms with Gasteiger partial charge in [-0.05, 0) is 24.1 Å². The van der Waals surface area contributed by atoms with E-state index in [-0.39, 0.29) is 25.7 Å². The largest absolute Gasteiger partial charge is 0.484 e. The van der Waals surface area contributed by atoms with Gasteiger partial charge in [-0.2, -0.15) is 0 Å². The Bertz CT molecular complexity index is 405. The predicted molar refractivity (Wildman–Crippen MR) is 76.8 cm³/mol. The van der Waals surface area contributed by atoms with E-state index in [1.54, 1.807) is 7.05 Å². The van der Waals surface area contributed by atoms with Crippen LogP contribution in [0.4, 0.5) is 0 Å². The Kier molecular flexibility index (Phi) is 7.04. The number of amides is 1. The van der Waals surface area contributed by atoms with Gasteiger partial charge in [-0.25, -0.2) is 0 Å². The Morgan fingerprint density at radius 2 is 2.00 bits per heavy atom. The van der Waals surface area contributed by atoms with Gasteiger partial charge in [-0.15, -0.1) is 0 Å². The molecule has 0 spiro atoms. The van der Waals surface area contributed by atoms with Crippen molar-refractivity contribution in [1.82, 2.24) is 4.90 Å². The maximum Gasteiger partial charge on any atom is 0.260 e. The molecule has 1 atom stereocenters. The molecule has 0 saturated heterocycles. The van der Waals surface area contributed by atoms with E-state index in [0.717, 1.165) is 6.42 Å². The van der Waals surface area contributed by atoms with Crippen molar-refractivity contribution in [3.8, 4) is 5.75 Å². The average molecular weight is 281 g/mol. The van der Waals surface area contributed by atoms with Gasteiger partial charge in [0.1, 0.15) is 5.75 Å². The third kappa shape index (κ3) is 5.59. The number of ether oxygens (including phenoxy) is 2. The number of aliphatic hydroxyl groups is 1. The van der Waals surface area contributed by atoms with E-state index in [1.807, 2.05) is 24.3 Å². The molecule has 0 bridgehead atoms. The molecule has 112 valence electrons. The molecule has 0 aliphatic heterocycles. The van der Waals surface area contributed by atoms with Crippen LogP contribution in [0.3, 0.4) is 0 Å². The molecule has 20 heavy (non-hydrogen) atoms. The van der Waals surface area contributed by atoms with Crippen molar-refractivity contribution in [2.75, 3.05) is 33.9 Å². The Hall–Kier alpha value is -1.59. The summed E-state index contributed by atoms with van der Waals surface area (Å²) in [4.78, 5) is 13.3. The molecule has 5 heteroatoms. The maximum atomic E-state index is 11.8. The van der Waals surface area contributed by atoms with Crippen molar-refractivity contribution in [2.24, 2.45) is 0 Å². The van der Waals surface area contributed by atoms with Crippen LogP contribution >= 0.6 is 0 Å². The molecule has 0 aromatic heterocycles. The van der Waals surface area contributed by atoms with Crippen LogP contribution in [0.15, 0.2) is 24.3 Å². The fourth-order valence-electron chi connectivity index (χ4n) is 1.74. The van der Waals surface area contributed by atoms with Gasteiger partial charge in [-0.1, -0.05) is 19.1 Å². The first kappa shape index (κ1) is 16.5. The second kappa shape index (κ2) is 8.55. The summed E-state index contributed by atoms with van der Waals surface area (Å²) in [7, 11) is 3.14. The van der Waals surface area contributed by atoms with E-state index < -0.39 is 6.10 Å². The number of hydrogen-bond donors (Lipinski definition) is 1. The van der Waals surface area contributed by atoms with Gasteiger partial charge in [-0.3, -0.25) is 4.79 Å². The van der Waals surface area contributed by atoms with E-state index in [2.05, 4.69) is 6.92 Å². The molecule has 0 radical (unpaired) electrons. The molecule has 1 rings (SSSR count). The Labute approximate surface area is 120 Å². The number of aryl methyl sites for hydroxylation is 1. The fraction of sp³-hybridized carbons (Fsp3) is 0.533. The highest BCUT2D eigenvalue weighted by Crippen LogP contribution is 2.12. The zero-order chi connectivity index (χ0) is 15.0. The molecule has 0 aliphatic carbocycles. The summed E-state index contributed by atoms with van der Waals surface area (Å²) in [6, 6.07) is 7.66. The molecule has 1 unspecified atom stereocenters. The molecule has 5 nitrogen and oxygen atoms in total. The minimum atomic E-state index is -0.683. The highest BCUT2D eigenvalue weighted by atomic mass is 16.5. The number of likely N-dealkylation sites (N-methyl/N-ethyl adjacent to an activating group) is 1. The molecule has 0 aliphatic rings. The van der Waals surface area contributed by atoms with E-state index in [4.69, 9.17) is 9.47 Å². The summed E-state index contributed by atoms with van der Waals surface area (Å²) < 4.78 is 10.2. The van der Waals surface area contributed by atoms with E-state index in [1.165, 1.54) is 17.6 Å². The van der Waals surface area contributed by atoms with Crippen molar-refractivity contribution < 1.29 is 19.4 Å². The van der Waals surface area contributed by atoms with Gasteiger partial charge < -0.3 is 19.5 Å². The molecule has 0 heterocycles. The van der Waals surface area contributed by atoms with Crippen LogP contribution in [0.25, 0.3) is 0 Å². The van der Waals surface area contributed by atoms with Gasteiger partial charge >= 0.3 is 0 Å². The Morgan fingerprint density at radius 1 is 1.35 bits per heavy atom. The number of benzene rings is 1. The fourth-order valence-corrected chi connectivity index (χ4v) is 1.74. The van der Waals surface area contributed by atoms with E-state index >= 15 is 0 Å². The summed E-state index contributed by atoms with van der Waals surface area (Å²) >= 11 is 0. The third-order valence-corrected chi connectivity index (χ3v) is 2.96. The predicted octanol–water partition coefficient (Wildman–Crippen LogP) is 1.09. The molecule has 1 aromatic carbocycles. The first-order chi connectivity index (χ1) is 9.56. The molecule has 1 amide bonds. The molecule has 1 N–H and O–H groups in total. The summed E-state index contributed by atoms with van der Waals surface area (Å²) in [5.41, 5.74) is 1.23. The summed E-state index contributed by atoms with van der Waals surface area (Å²) in [6.45, 7) is 2.48. The number of hydrogen-bond acceptors (Lipinski definition) is 4. The second-order valence-corrected chi connectivity index (χ2v) is 4.67. The minimum absolute atomic E-state index is 0.0400. The lowest BCUT2D eigenvalue weighted by Crippen LogP contribution is -2.38. The van der Waals surface area contributed by atoms with Crippen molar-refractivity contribution in [3.63, 3.8) is 0 Å². The first-order valence-corrected chi connectivity index (χ1v) is 6.69. The minimum Gasteiger partial charge on any atom is -0.484 e. The standard InChI is InChI=1S/C15H23NO4/c1-4-12-5-7-14(8-6-12)20-11-15(18)16(2)9-13(17)10-19-3/h5-8,13,17H,4,9-11H2,1-3H3. The number of carbonyl (C=O) groups excluding carboxylic acids is 1. The Morgan fingerprint density at radius 3 is 2.55 bits per heavy atom. The van der Waals surface area contributed by atoms with Crippen LogP contribution in [0.5, 0.6) is 5.75 Å². The van der Waals surface area contributed by atoms with Gasteiger partial charge in [0.25, 0.3) is 5.91 Å². The summed E-state index contributed by atoms with van der Waals surface area (Å²) in [5.74, 6) is 0.487. The lowest BCUT2D eigenvalue weighted by molar-refractivity contribution is -0.133. The molecule has 0 saturated carbocycles. The number of carbonyl (C=O) groups is 1. The van der Waals surface area contributed by atoms with Crippen molar-refractivity contribution in [3.05, 3.63) is 29.8 Å². The highest BCUT2D eigenvalue weighted by molar-refractivity contribution is 5.77. The van der Waals surface area contributed by atoms with Gasteiger partial charge in [0.15, 0.2) is 6.61 Å². The van der Waals surface area contributed by atoms with Crippen LogP contribution in [0.2, 0.25) is 0 Å². The van der Waals surface area contributed by atoms with Gasteiger partial charge in [0.2, 0.25) is 0 Å². The average Bonchev–Trinajstić information content (AvgIpc) is 2.45. The SMILES string of the molecule is CCc1ccc(OCC(=O)N(C)CC(O)COC)cc1. The number of nitrogens with zero attached hydrogens (tertiary/aromatic N) is 1. The lowest BCUT2D eigenvalue weighted by atomic mass is 10.2. The lowest BCUT2D eigenvalue weighted by Gasteiger charge is -2.20. The van der Waals surface area contributed by atoms with Crippen LogP contribution < -0.4 is 4.74 Å². The van der Waals surface area contributed by atoms with E-state index in [0.29, 0.717) is 5.75 Å². The van der Waals surface area contributed by atoms with Crippen LogP contribution in [-0.4, -0.2) is 55.9 Å². The second-order valence-electron chi connectivity index (χ2n) is 4.67. The summed E-state index contributed by atoms with van der Waals surface area (Å²) in [5, 5.41) is 9.55. The van der Waals surface area contributed by atoms with Crippen molar-refractivity contribution in [2.45, 2.75) is 19.4 Å². The monoisotopic (exact) mass is 281 g/mol. The molecular weight excluding hydrogens is 258 g/mol. The number of aliphatic hydroxyl groups excluding tert-OH is 1. The quantitative estimate of drug-likeness (QED) is 0.775. The number of methoxy groups -OCH3 is 1. The number of rotatable bonds is 8. The maximum absolute atomic E-state index is 11.8. The summed E-state index contributed by atoms with van der Waals surface area (Å²) in [6.07, 6.45) is 0.289. The van der Waals surface area contributed by atoms with Crippen LogP contribution in [0, 0.1) is 0 Å². The van der Waals surface area contributed by atoms with Crippen LogP contribution in [0.1, 0.15) is 12.5 Å². The van der Waals surface area contributed by atoms with Crippen molar-refractivity contribution >= 4 is 5.91 Å². The van der Waals surface area contributed by atoms with Crippen molar-refractivity contribution in [1.29, 1.82) is 0 Å². The Balaban J connectivity index is 2.37. The molecule has 0 fully saturated rings. The zero-order valence-electron chi connectivity index (χ0n) is 12.3. The first-order valence-electron chi connectivity index (χ1n) is 6.69. The zero-order valence-corrected chi connectivity index (χ0v) is 12.3. The normalized spacial score (nSPS) is 12.0. The van der Waals surface area contributed by atoms with Gasteiger partial charge in [0, 0.05) is 20.7 Å². The highest BCUT2D eigenvalue weighted by Gasteiger charge is 2.14. The van der Waals surface area contributed by atoms with Crippen LogP contribution in [-0.2, 0) is 16.0 Å². The molecule has 1 aromatic rings. The van der Waals surface area contributed by atoms with E-state index in [9.17, 15) is 9.90 Å². The topological polar surface area (TPSA) is 59.0 Å². The van der Waals surface area contributed by atoms with Gasteiger partial charge in [0.05, 0.1) is 12.7 Å². The third-order valence-electron chi connectivity index (χ3n) is 2.96.